The Hall–Kier alpha value is -0.910. The molecule has 0 spiro atoms. The highest BCUT2D eigenvalue weighted by Gasteiger charge is 2.32. The van der Waals surface area contributed by atoms with Gasteiger partial charge < -0.3 is 10.6 Å². The van der Waals surface area contributed by atoms with Crippen LogP contribution in [0.2, 0.25) is 5.02 Å². The molecule has 1 aliphatic rings. The van der Waals surface area contributed by atoms with E-state index < -0.39 is 0 Å². The van der Waals surface area contributed by atoms with Gasteiger partial charge >= 0.3 is 0 Å². The van der Waals surface area contributed by atoms with Crippen LogP contribution < -0.4 is 10.6 Å². The molecule has 1 aromatic rings. The smallest absolute Gasteiger partial charge is 0.128 e. The first-order valence-electron chi connectivity index (χ1n) is 6.33. The second-order valence-corrected chi connectivity index (χ2v) is 6.11. The second-order valence-electron chi connectivity index (χ2n) is 5.23. The van der Waals surface area contributed by atoms with Crippen LogP contribution in [0.25, 0.3) is 0 Å². The first-order valence-corrected chi connectivity index (χ1v) is 7.11. The molecule has 0 amide bonds. The number of nitrogens with two attached hydrogens (primary N) is 1. The molecule has 0 aromatic carbocycles. The molecular weight excluding hydrogens is 280 g/mol. The lowest BCUT2D eigenvalue weighted by Crippen LogP contribution is -2.59. The number of nitrogens with zero attached hydrogens (tertiary/aromatic N) is 3. The molecule has 1 aromatic heterocycles. The lowest BCUT2D eigenvalue weighted by Gasteiger charge is -2.43. The minimum absolute atomic E-state index is 0.227. The van der Waals surface area contributed by atoms with Crippen molar-refractivity contribution < 1.29 is 0 Å². The molecule has 0 saturated carbocycles. The van der Waals surface area contributed by atoms with Crippen LogP contribution in [0.5, 0.6) is 0 Å². The Morgan fingerprint density at radius 2 is 1.95 bits per heavy atom. The van der Waals surface area contributed by atoms with E-state index in [1.807, 2.05) is 12.1 Å². The molecule has 2 heterocycles. The fourth-order valence-electron chi connectivity index (χ4n) is 2.21. The predicted octanol–water partition coefficient (Wildman–Crippen LogP) is 1.92. The van der Waals surface area contributed by atoms with Crippen LogP contribution in [0.15, 0.2) is 18.3 Å². The quantitative estimate of drug-likeness (QED) is 0.864. The van der Waals surface area contributed by atoms with Crippen LogP contribution in [-0.4, -0.2) is 46.6 Å². The monoisotopic (exact) mass is 298 g/mol. The average molecular weight is 299 g/mol. The van der Waals surface area contributed by atoms with Crippen molar-refractivity contribution in [3.05, 3.63) is 23.4 Å². The number of anilines is 1. The van der Waals surface area contributed by atoms with Gasteiger partial charge in [0.15, 0.2) is 0 Å². The van der Waals surface area contributed by atoms with Gasteiger partial charge in [0.05, 0.1) is 15.6 Å². The van der Waals surface area contributed by atoms with E-state index >= 15 is 0 Å². The number of thiocarbonyl (C=S) groups is 1. The molecular formula is C13H19ClN4S. The van der Waals surface area contributed by atoms with Gasteiger partial charge in [-0.3, -0.25) is 4.90 Å². The second kappa shape index (κ2) is 5.61. The van der Waals surface area contributed by atoms with Gasteiger partial charge in [-0.2, -0.15) is 0 Å². The summed E-state index contributed by atoms with van der Waals surface area (Å²) < 4.78 is 0. The van der Waals surface area contributed by atoms with Crippen molar-refractivity contribution in [1.29, 1.82) is 0 Å². The molecule has 2 rings (SSSR count). The molecule has 0 unspecified atom stereocenters. The number of aromatic nitrogens is 1. The van der Waals surface area contributed by atoms with Crippen LogP contribution >= 0.6 is 23.8 Å². The molecule has 6 heteroatoms. The summed E-state index contributed by atoms with van der Waals surface area (Å²) in [6.45, 7) is 7.84. The van der Waals surface area contributed by atoms with Crippen molar-refractivity contribution in [2.75, 3.05) is 31.1 Å². The molecule has 0 aliphatic carbocycles. The highest BCUT2D eigenvalue weighted by Crippen LogP contribution is 2.21. The number of halogens is 1. The summed E-state index contributed by atoms with van der Waals surface area (Å²) in [5, 5.41) is 0.664. The number of pyridine rings is 1. The number of rotatable bonds is 3. The van der Waals surface area contributed by atoms with E-state index in [0.717, 1.165) is 32.0 Å². The molecule has 4 nitrogen and oxygen atoms in total. The van der Waals surface area contributed by atoms with E-state index in [1.54, 1.807) is 6.20 Å². The van der Waals surface area contributed by atoms with Crippen molar-refractivity contribution in [3.8, 4) is 0 Å². The minimum atomic E-state index is -0.227. The summed E-state index contributed by atoms with van der Waals surface area (Å²) in [5.74, 6) is 0.970. The minimum Gasteiger partial charge on any atom is -0.392 e. The first-order chi connectivity index (χ1) is 8.91. The first kappa shape index (κ1) is 14.5. The standard InChI is InChI=1S/C13H19ClN4S/c1-13(2,12(15)19)18-7-5-17(6-8-18)11-4-3-10(14)9-16-11/h3-4,9H,5-8H2,1-2H3,(H2,15,19). The predicted molar refractivity (Wildman–Crippen MR) is 83.9 cm³/mol. The van der Waals surface area contributed by atoms with E-state index in [9.17, 15) is 0 Å². The van der Waals surface area contributed by atoms with Gasteiger partial charge in [0.1, 0.15) is 5.82 Å². The molecule has 1 aliphatic heterocycles. The van der Waals surface area contributed by atoms with Gasteiger partial charge in [-0.15, -0.1) is 0 Å². The zero-order chi connectivity index (χ0) is 14.0. The highest BCUT2D eigenvalue weighted by molar-refractivity contribution is 7.80. The molecule has 1 saturated heterocycles. The highest BCUT2D eigenvalue weighted by atomic mass is 35.5. The van der Waals surface area contributed by atoms with E-state index in [1.165, 1.54) is 0 Å². The van der Waals surface area contributed by atoms with E-state index in [-0.39, 0.29) is 5.54 Å². The van der Waals surface area contributed by atoms with Crippen LogP contribution in [-0.2, 0) is 0 Å². The Balaban J connectivity index is 1.99. The third-order valence-corrected chi connectivity index (χ3v) is 4.43. The Labute approximate surface area is 124 Å². The van der Waals surface area contributed by atoms with Crippen molar-refractivity contribution in [1.82, 2.24) is 9.88 Å². The van der Waals surface area contributed by atoms with E-state index in [4.69, 9.17) is 29.6 Å². The van der Waals surface area contributed by atoms with E-state index in [0.29, 0.717) is 10.0 Å². The Bertz CT molecular complexity index is 452. The van der Waals surface area contributed by atoms with Gasteiger partial charge in [0.25, 0.3) is 0 Å². The maximum Gasteiger partial charge on any atom is 0.128 e. The fourth-order valence-corrected chi connectivity index (χ4v) is 2.45. The van der Waals surface area contributed by atoms with Gasteiger partial charge in [0.2, 0.25) is 0 Å². The van der Waals surface area contributed by atoms with E-state index in [2.05, 4.69) is 28.6 Å². The topological polar surface area (TPSA) is 45.4 Å². The zero-order valence-electron chi connectivity index (χ0n) is 11.3. The van der Waals surface area contributed by atoms with Crippen LogP contribution in [0.3, 0.4) is 0 Å². The fraction of sp³-hybridized carbons (Fsp3) is 0.538. The third-order valence-electron chi connectivity index (χ3n) is 3.71. The van der Waals surface area contributed by atoms with Crippen molar-refractivity contribution in [2.24, 2.45) is 5.73 Å². The largest absolute Gasteiger partial charge is 0.392 e. The summed E-state index contributed by atoms with van der Waals surface area (Å²) in [6.07, 6.45) is 1.68. The van der Waals surface area contributed by atoms with Crippen LogP contribution in [0, 0.1) is 0 Å². The molecule has 19 heavy (non-hydrogen) atoms. The molecule has 0 bridgehead atoms. The van der Waals surface area contributed by atoms with Gasteiger partial charge in [0, 0.05) is 32.4 Å². The molecule has 104 valence electrons. The SMILES string of the molecule is CC(C)(C(N)=S)N1CCN(c2ccc(Cl)cn2)CC1. The number of hydrogen-bond acceptors (Lipinski definition) is 4. The summed E-state index contributed by atoms with van der Waals surface area (Å²) in [4.78, 5) is 9.47. The van der Waals surface area contributed by atoms with Crippen LogP contribution in [0.4, 0.5) is 5.82 Å². The van der Waals surface area contributed by atoms with Crippen LogP contribution in [0.1, 0.15) is 13.8 Å². The summed E-state index contributed by atoms with van der Waals surface area (Å²) in [7, 11) is 0. The normalized spacial score (nSPS) is 17.5. The Kier molecular flexibility index (Phi) is 4.28. The molecule has 0 radical (unpaired) electrons. The molecule has 2 N–H and O–H groups in total. The molecule has 0 atom stereocenters. The maximum absolute atomic E-state index is 5.85. The summed E-state index contributed by atoms with van der Waals surface area (Å²) >= 11 is 11.0. The maximum atomic E-state index is 5.85. The Morgan fingerprint density at radius 1 is 1.32 bits per heavy atom. The molecule has 1 fully saturated rings. The average Bonchev–Trinajstić information content (AvgIpc) is 2.39. The Morgan fingerprint density at radius 3 is 2.42 bits per heavy atom. The zero-order valence-corrected chi connectivity index (χ0v) is 12.8. The number of hydrogen-bond donors (Lipinski definition) is 1. The van der Waals surface area contributed by atoms with Gasteiger partial charge in [-0.05, 0) is 26.0 Å². The lowest BCUT2D eigenvalue weighted by atomic mass is 10.0. The number of piperazine rings is 1. The van der Waals surface area contributed by atoms with Crippen molar-refractivity contribution in [3.63, 3.8) is 0 Å². The van der Waals surface area contributed by atoms with Gasteiger partial charge in [-0.1, -0.05) is 23.8 Å². The third kappa shape index (κ3) is 3.16. The summed E-state index contributed by atoms with van der Waals surface area (Å²) in [6, 6.07) is 3.83. The van der Waals surface area contributed by atoms with Gasteiger partial charge in [-0.25, -0.2) is 4.98 Å². The summed E-state index contributed by atoms with van der Waals surface area (Å²) in [5.41, 5.74) is 5.59. The van der Waals surface area contributed by atoms with Crippen molar-refractivity contribution in [2.45, 2.75) is 19.4 Å². The van der Waals surface area contributed by atoms with Crippen molar-refractivity contribution >= 4 is 34.6 Å². The lowest BCUT2D eigenvalue weighted by molar-refractivity contribution is 0.168.